The SMILES string of the molecule is CCCn1c(SCC(=O)Nc2ccc(OC)c(Cl)c2)nc2ccccc2c1=O. The van der Waals surface area contributed by atoms with Gasteiger partial charge in [0.1, 0.15) is 5.75 Å². The van der Waals surface area contributed by atoms with E-state index >= 15 is 0 Å². The van der Waals surface area contributed by atoms with Gasteiger partial charge in [0.15, 0.2) is 5.16 Å². The fraction of sp³-hybridized carbons (Fsp3) is 0.250. The molecule has 0 aliphatic heterocycles. The van der Waals surface area contributed by atoms with E-state index < -0.39 is 0 Å². The summed E-state index contributed by atoms with van der Waals surface area (Å²) in [4.78, 5) is 29.7. The molecule has 1 amide bonds. The Morgan fingerprint density at radius 3 is 2.79 bits per heavy atom. The zero-order valence-electron chi connectivity index (χ0n) is 15.6. The Kier molecular flexibility index (Phi) is 6.59. The summed E-state index contributed by atoms with van der Waals surface area (Å²) in [6.45, 7) is 2.55. The molecule has 0 aliphatic rings. The highest BCUT2D eigenvalue weighted by Gasteiger charge is 2.13. The first-order valence-electron chi connectivity index (χ1n) is 8.79. The van der Waals surface area contributed by atoms with Crippen LogP contribution in [0, 0.1) is 0 Å². The molecular weight excluding hydrogens is 398 g/mol. The van der Waals surface area contributed by atoms with Crippen molar-refractivity contribution in [3.8, 4) is 5.75 Å². The van der Waals surface area contributed by atoms with E-state index in [2.05, 4.69) is 10.3 Å². The number of fused-ring (bicyclic) bond motifs is 1. The number of nitrogens with one attached hydrogen (secondary N) is 1. The van der Waals surface area contributed by atoms with Crippen molar-refractivity contribution in [1.82, 2.24) is 9.55 Å². The Hall–Kier alpha value is -2.51. The summed E-state index contributed by atoms with van der Waals surface area (Å²) in [5, 5.41) is 4.33. The van der Waals surface area contributed by atoms with E-state index in [-0.39, 0.29) is 17.2 Å². The summed E-state index contributed by atoms with van der Waals surface area (Å²) in [7, 11) is 1.53. The van der Waals surface area contributed by atoms with Crippen LogP contribution in [0.1, 0.15) is 13.3 Å². The third-order valence-electron chi connectivity index (χ3n) is 4.04. The van der Waals surface area contributed by atoms with E-state index in [1.807, 2.05) is 19.1 Å². The molecule has 0 saturated carbocycles. The van der Waals surface area contributed by atoms with Crippen LogP contribution < -0.4 is 15.6 Å². The minimum atomic E-state index is -0.211. The second-order valence-corrected chi connectivity index (χ2v) is 7.40. The second-order valence-electron chi connectivity index (χ2n) is 6.05. The fourth-order valence-electron chi connectivity index (χ4n) is 2.75. The van der Waals surface area contributed by atoms with Crippen LogP contribution in [0.3, 0.4) is 0 Å². The monoisotopic (exact) mass is 417 g/mol. The molecule has 1 aromatic heterocycles. The Morgan fingerprint density at radius 2 is 2.07 bits per heavy atom. The first-order valence-corrected chi connectivity index (χ1v) is 10.2. The van der Waals surface area contributed by atoms with Crippen LogP contribution in [0.15, 0.2) is 52.4 Å². The van der Waals surface area contributed by atoms with Crippen LogP contribution in [0.2, 0.25) is 5.02 Å². The summed E-state index contributed by atoms with van der Waals surface area (Å²) in [5.74, 6) is 0.452. The highest BCUT2D eigenvalue weighted by molar-refractivity contribution is 7.99. The number of nitrogens with zero attached hydrogens (tertiary/aromatic N) is 2. The van der Waals surface area contributed by atoms with Gasteiger partial charge in [-0.05, 0) is 36.8 Å². The molecule has 3 rings (SSSR count). The van der Waals surface area contributed by atoms with Gasteiger partial charge >= 0.3 is 0 Å². The Balaban J connectivity index is 1.77. The van der Waals surface area contributed by atoms with Crippen LogP contribution in [0.25, 0.3) is 10.9 Å². The third-order valence-corrected chi connectivity index (χ3v) is 5.31. The summed E-state index contributed by atoms with van der Waals surface area (Å²) < 4.78 is 6.73. The molecule has 2 aromatic carbocycles. The van der Waals surface area contributed by atoms with Crippen LogP contribution in [0.4, 0.5) is 5.69 Å². The topological polar surface area (TPSA) is 73.2 Å². The van der Waals surface area contributed by atoms with Gasteiger partial charge in [0.2, 0.25) is 5.91 Å². The van der Waals surface area contributed by atoms with Gasteiger partial charge in [0.25, 0.3) is 5.56 Å². The summed E-state index contributed by atoms with van der Waals surface area (Å²) in [6, 6.07) is 12.3. The van der Waals surface area contributed by atoms with E-state index in [1.54, 1.807) is 34.9 Å². The minimum Gasteiger partial charge on any atom is -0.495 e. The largest absolute Gasteiger partial charge is 0.495 e. The first kappa shape index (κ1) is 20.2. The van der Waals surface area contributed by atoms with Gasteiger partial charge in [-0.15, -0.1) is 0 Å². The number of methoxy groups -OCH3 is 1. The van der Waals surface area contributed by atoms with Crippen molar-refractivity contribution in [2.24, 2.45) is 0 Å². The number of amides is 1. The lowest BCUT2D eigenvalue weighted by molar-refractivity contribution is -0.113. The third kappa shape index (κ3) is 4.48. The molecule has 28 heavy (non-hydrogen) atoms. The molecule has 0 aliphatic carbocycles. The molecule has 0 unspecified atom stereocenters. The van der Waals surface area contributed by atoms with Gasteiger partial charge in [-0.3, -0.25) is 14.2 Å². The van der Waals surface area contributed by atoms with Crippen molar-refractivity contribution in [3.05, 3.63) is 57.8 Å². The Labute approximate surface area is 171 Å². The number of benzene rings is 2. The fourth-order valence-corrected chi connectivity index (χ4v) is 3.83. The number of ether oxygens (including phenoxy) is 1. The standard InChI is InChI=1S/C20H20ClN3O3S/c1-3-10-24-19(26)14-6-4-5-7-16(14)23-20(24)28-12-18(25)22-13-8-9-17(27-2)15(21)11-13/h4-9,11H,3,10,12H2,1-2H3,(H,22,25). The van der Waals surface area contributed by atoms with Crippen molar-refractivity contribution < 1.29 is 9.53 Å². The molecule has 146 valence electrons. The molecule has 0 radical (unpaired) electrons. The molecule has 0 atom stereocenters. The number of hydrogen-bond acceptors (Lipinski definition) is 5. The number of aromatic nitrogens is 2. The van der Waals surface area contributed by atoms with Crippen LogP contribution in [-0.2, 0) is 11.3 Å². The number of thioether (sulfide) groups is 1. The van der Waals surface area contributed by atoms with Gasteiger partial charge in [-0.2, -0.15) is 0 Å². The minimum absolute atomic E-state index is 0.0858. The number of carbonyl (C=O) groups excluding carboxylic acids is 1. The molecule has 8 heteroatoms. The predicted octanol–water partition coefficient (Wildman–Crippen LogP) is 4.20. The zero-order chi connectivity index (χ0) is 20.1. The molecule has 1 heterocycles. The first-order chi connectivity index (χ1) is 13.5. The van der Waals surface area contributed by atoms with Crippen molar-refractivity contribution in [2.75, 3.05) is 18.2 Å². The van der Waals surface area contributed by atoms with Crippen LogP contribution in [-0.4, -0.2) is 28.3 Å². The zero-order valence-corrected chi connectivity index (χ0v) is 17.1. The smallest absolute Gasteiger partial charge is 0.262 e. The lowest BCUT2D eigenvalue weighted by Gasteiger charge is -2.12. The van der Waals surface area contributed by atoms with Crippen LogP contribution >= 0.6 is 23.4 Å². The molecule has 1 N–H and O–H groups in total. The van der Waals surface area contributed by atoms with Gasteiger partial charge < -0.3 is 10.1 Å². The van der Waals surface area contributed by atoms with Crippen LogP contribution in [0.5, 0.6) is 5.75 Å². The maximum atomic E-state index is 12.8. The molecular formula is C20H20ClN3O3S. The van der Waals surface area contributed by atoms with Gasteiger partial charge in [0, 0.05) is 12.2 Å². The molecule has 0 fully saturated rings. The van der Waals surface area contributed by atoms with E-state index in [1.165, 1.54) is 18.9 Å². The maximum Gasteiger partial charge on any atom is 0.262 e. The Bertz CT molecular complexity index is 1070. The highest BCUT2D eigenvalue weighted by atomic mass is 35.5. The average Bonchev–Trinajstić information content (AvgIpc) is 2.69. The van der Waals surface area contributed by atoms with E-state index in [4.69, 9.17) is 16.3 Å². The van der Waals surface area contributed by atoms with Gasteiger partial charge in [-0.25, -0.2) is 4.98 Å². The van der Waals surface area contributed by atoms with Crippen molar-refractivity contribution in [2.45, 2.75) is 25.0 Å². The molecule has 6 nitrogen and oxygen atoms in total. The van der Waals surface area contributed by atoms with E-state index in [9.17, 15) is 9.59 Å². The quantitative estimate of drug-likeness (QED) is 0.460. The highest BCUT2D eigenvalue weighted by Crippen LogP contribution is 2.27. The van der Waals surface area contributed by atoms with Crippen molar-refractivity contribution in [3.63, 3.8) is 0 Å². The number of hydrogen-bond donors (Lipinski definition) is 1. The number of carbonyl (C=O) groups is 1. The molecule has 0 saturated heterocycles. The lowest BCUT2D eigenvalue weighted by Crippen LogP contribution is -2.24. The van der Waals surface area contributed by atoms with Gasteiger partial charge in [-0.1, -0.05) is 42.4 Å². The van der Waals surface area contributed by atoms with E-state index in [0.717, 1.165) is 6.42 Å². The number of para-hydroxylation sites is 1. The molecule has 0 spiro atoms. The normalized spacial score (nSPS) is 10.8. The van der Waals surface area contributed by atoms with E-state index in [0.29, 0.717) is 39.1 Å². The number of rotatable bonds is 7. The van der Waals surface area contributed by atoms with Gasteiger partial charge in [0.05, 0.1) is 28.8 Å². The number of anilines is 1. The number of halogens is 1. The van der Waals surface area contributed by atoms with Crippen molar-refractivity contribution in [1.29, 1.82) is 0 Å². The van der Waals surface area contributed by atoms with Crippen molar-refractivity contribution >= 4 is 45.9 Å². The molecule has 0 bridgehead atoms. The predicted molar refractivity (Wildman–Crippen MR) is 114 cm³/mol. The lowest BCUT2D eigenvalue weighted by atomic mass is 10.2. The summed E-state index contributed by atoms with van der Waals surface area (Å²) in [6.07, 6.45) is 0.796. The maximum absolute atomic E-state index is 12.8. The Morgan fingerprint density at radius 1 is 1.29 bits per heavy atom. The molecule has 3 aromatic rings. The average molecular weight is 418 g/mol. The summed E-state index contributed by atoms with van der Waals surface area (Å²) >= 11 is 7.32. The summed E-state index contributed by atoms with van der Waals surface area (Å²) in [5.41, 5.74) is 1.12. The second kappa shape index (κ2) is 9.12.